The van der Waals surface area contributed by atoms with Crippen molar-refractivity contribution in [3.63, 3.8) is 0 Å². The summed E-state index contributed by atoms with van der Waals surface area (Å²) >= 11 is 0. The second-order valence-corrected chi connectivity index (χ2v) is 12.3. The van der Waals surface area contributed by atoms with E-state index in [2.05, 4.69) is 69.3 Å². The molecule has 0 aliphatic carbocycles. The molecule has 2 atom stereocenters. The van der Waals surface area contributed by atoms with Gasteiger partial charge in [-0.2, -0.15) is 0 Å². The van der Waals surface area contributed by atoms with Crippen molar-refractivity contribution in [1.29, 1.82) is 0 Å². The minimum atomic E-state index is -2.71. The molecule has 0 N–H and O–H groups in total. The molecular formula is C23H28O4Si. The first-order valence-electron chi connectivity index (χ1n) is 9.61. The average molecular weight is 397 g/mol. The standard InChI is InChI=1S/C23H28O4Si/c1-18(24)26-19-15-16-25-22(17-19)27-28(23(2,3)4,20-11-7-5-8-12-20)21-13-9-6-10-14-21/h5-16,19,22H,17H2,1-4H3/t19-,22-/m1/s1. The molecule has 0 fully saturated rings. The summed E-state index contributed by atoms with van der Waals surface area (Å²) < 4.78 is 18.1. The van der Waals surface area contributed by atoms with Crippen molar-refractivity contribution in [3.05, 3.63) is 73.0 Å². The second-order valence-electron chi connectivity index (χ2n) is 8.06. The summed E-state index contributed by atoms with van der Waals surface area (Å²) in [7, 11) is -2.71. The molecule has 0 spiro atoms. The summed E-state index contributed by atoms with van der Waals surface area (Å²) in [5, 5.41) is 2.24. The molecule has 3 rings (SSSR count). The van der Waals surface area contributed by atoms with Gasteiger partial charge in [0.25, 0.3) is 8.32 Å². The molecule has 0 amide bonds. The van der Waals surface area contributed by atoms with E-state index in [1.54, 1.807) is 12.3 Å². The molecule has 1 aliphatic heterocycles. The molecule has 0 aromatic heterocycles. The summed E-state index contributed by atoms with van der Waals surface area (Å²) in [6, 6.07) is 20.8. The van der Waals surface area contributed by atoms with E-state index in [1.807, 2.05) is 12.1 Å². The fourth-order valence-electron chi connectivity index (χ4n) is 3.81. The highest BCUT2D eigenvalue weighted by Crippen LogP contribution is 2.38. The van der Waals surface area contributed by atoms with Crippen LogP contribution in [0, 0.1) is 0 Å². The van der Waals surface area contributed by atoms with Gasteiger partial charge in [-0.25, -0.2) is 0 Å². The van der Waals surface area contributed by atoms with Crippen LogP contribution in [0.2, 0.25) is 5.04 Å². The van der Waals surface area contributed by atoms with E-state index in [0.29, 0.717) is 6.42 Å². The van der Waals surface area contributed by atoms with Crippen molar-refractivity contribution in [2.45, 2.75) is 51.5 Å². The lowest BCUT2D eigenvalue weighted by atomic mass is 10.2. The molecule has 2 aromatic rings. The van der Waals surface area contributed by atoms with Gasteiger partial charge in [-0.1, -0.05) is 81.4 Å². The molecule has 5 heteroatoms. The Morgan fingerprint density at radius 3 is 2.00 bits per heavy atom. The Kier molecular flexibility index (Phi) is 6.06. The van der Waals surface area contributed by atoms with E-state index in [4.69, 9.17) is 13.9 Å². The Bertz CT molecular complexity index is 772. The van der Waals surface area contributed by atoms with Crippen LogP contribution in [0.3, 0.4) is 0 Å². The smallest absolute Gasteiger partial charge is 0.303 e. The molecule has 1 aliphatic rings. The number of hydrogen-bond acceptors (Lipinski definition) is 4. The van der Waals surface area contributed by atoms with Crippen LogP contribution in [0.15, 0.2) is 73.0 Å². The Morgan fingerprint density at radius 2 is 1.54 bits per heavy atom. The van der Waals surface area contributed by atoms with Crippen molar-refractivity contribution in [1.82, 2.24) is 0 Å². The zero-order valence-corrected chi connectivity index (χ0v) is 17.9. The van der Waals surface area contributed by atoms with Gasteiger partial charge in [0.05, 0.1) is 12.7 Å². The van der Waals surface area contributed by atoms with E-state index in [-0.39, 0.29) is 17.1 Å². The summed E-state index contributed by atoms with van der Waals surface area (Å²) in [5.41, 5.74) is 0. The third-order valence-corrected chi connectivity index (χ3v) is 10.0. The Labute approximate surface area is 168 Å². The van der Waals surface area contributed by atoms with Crippen molar-refractivity contribution in [3.8, 4) is 0 Å². The fourth-order valence-corrected chi connectivity index (χ4v) is 8.37. The van der Waals surface area contributed by atoms with Crippen molar-refractivity contribution in [2.24, 2.45) is 0 Å². The zero-order valence-electron chi connectivity index (χ0n) is 16.9. The van der Waals surface area contributed by atoms with Crippen LogP contribution in [0.25, 0.3) is 0 Å². The Morgan fingerprint density at radius 1 is 1.00 bits per heavy atom. The van der Waals surface area contributed by atoms with Crippen LogP contribution in [0.4, 0.5) is 0 Å². The van der Waals surface area contributed by atoms with Gasteiger partial charge in [0.1, 0.15) is 6.10 Å². The van der Waals surface area contributed by atoms with Crippen molar-refractivity contribution in [2.75, 3.05) is 0 Å². The summed E-state index contributed by atoms with van der Waals surface area (Å²) in [6.07, 6.45) is 2.99. The second kappa shape index (κ2) is 8.33. The van der Waals surface area contributed by atoms with Gasteiger partial charge in [-0.3, -0.25) is 4.79 Å². The lowest BCUT2D eigenvalue weighted by Gasteiger charge is -2.45. The highest BCUT2D eigenvalue weighted by molar-refractivity contribution is 6.99. The zero-order chi connectivity index (χ0) is 20.2. The van der Waals surface area contributed by atoms with Gasteiger partial charge in [-0.15, -0.1) is 0 Å². The Hall–Kier alpha value is -2.37. The van der Waals surface area contributed by atoms with Gasteiger partial charge in [-0.05, 0) is 21.5 Å². The lowest BCUT2D eigenvalue weighted by molar-refractivity contribution is -0.149. The van der Waals surface area contributed by atoms with E-state index in [9.17, 15) is 4.79 Å². The number of carbonyl (C=O) groups excluding carboxylic acids is 1. The van der Waals surface area contributed by atoms with Gasteiger partial charge in [0.2, 0.25) is 0 Å². The number of carbonyl (C=O) groups is 1. The number of benzene rings is 2. The Balaban J connectivity index is 2.04. The number of esters is 1. The van der Waals surface area contributed by atoms with Crippen LogP contribution < -0.4 is 10.4 Å². The largest absolute Gasteiger partial charge is 0.474 e. The third-order valence-electron chi connectivity index (χ3n) is 4.99. The van der Waals surface area contributed by atoms with Crippen LogP contribution in [-0.4, -0.2) is 26.7 Å². The van der Waals surface area contributed by atoms with Gasteiger partial charge in [0.15, 0.2) is 6.29 Å². The molecule has 2 aromatic carbocycles. The molecule has 4 nitrogen and oxygen atoms in total. The normalized spacial score (nSPS) is 19.7. The molecule has 0 saturated heterocycles. The predicted molar refractivity (Wildman–Crippen MR) is 113 cm³/mol. The number of ether oxygens (including phenoxy) is 2. The third kappa shape index (κ3) is 4.21. The van der Waals surface area contributed by atoms with Crippen LogP contribution in [0.1, 0.15) is 34.1 Å². The minimum absolute atomic E-state index is 0.142. The van der Waals surface area contributed by atoms with Gasteiger partial charge < -0.3 is 13.9 Å². The van der Waals surface area contributed by atoms with Gasteiger partial charge >= 0.3 is 5.97 Å². The average Bonchev–Trinajstić information content (AvgIpc) is 2.66. The first-order chi connectivity index (χ1) is 13.3. The van der Waals surface area contributed by atoms with Crippen molar-refractivity contribution >= 4 is 24.7 Å². The van der Waals surface area contributed by atoms with E-state index < -0.39 is 14.6 Å². The maximum Gasteiger partial charge on any atom is 0.303 e. The minimum Gasteiger partial charge on any atom is -0.474 e. The topological polar surface area (TPSA) is 44.8 Å². The fraction of sp³-hybridized carbons (Fsp3) is 0.348. The molecule has 148 valence electrons. The van der Waals surface area contributed by atoms with E-state index in [1.165, 1.54) is 17.3 Å². The summed E-state index contributed by atoms with van der Waals surface area (Å²) in [5.74, 6) is -0.305. The molecular weight excluding hydrogens is 368 g/mol. The molecule has 28 heavy (non-hydrogen) atoms. The molecule has 1 heterocycles. The molecule has 0 bridgehead atoms. The first kappa shape index (κ1) is 20.4. The van der Waals surface area contributed by atoms with Crippen LogP contribution in [0.5, 0.6) is 0 Å². The monoisotopic (exact) mass is 396 g/mol. The van der Waals surface area contributed by atoms with Crippen LogP contribution in [-0.2, 0) is 18.7 Å². The molecule has 0 saturated carbocycles. The number of hydrogen-bond donors (Lipinski definition) is 0. The van der Waals surface area contributed by atoms with E-state index in [0.717, 1.165) is 0 Å². The quantitative estimate of drug-likeness (QED) is 0.570. The first-order valence-corrected chi connectivity index (χ1v) is 11.5. The maximum absolute atomic E-state index is 11.4. The molecule has 0 unspecified atom stereocenters. The predicted octanol–water partition coefficient (Wildman–Crippen LogP) is 3.75. The summed E-state index contributed by atoms with van der Waals surface area (Å²) in [6.45, 7) is 8.09. The SMILES string of the molecule is CC(=O)O[C@@H]1C=CO[C@H](O[Si](c2ccccc2)(c2ccccc2)C(C)(C)C)C1. The lowest BCUT2D eigenvalue weighted by Crippen LogP contribution is -2.68. The summed E-state index contributed by atoms with van der Waals surface area (Å²) in [4.78, 5) is 11.4. The highest BCUT2D eigenvalue weighted by Gasteiger charge is 2.52. The number of rotatable bonds is 5. The van der Waals surface area contributed by atoms with Crippen LogP contribution >= 0.6 is 0 Å². The molecule has 0 radical (unpaired) electrons. The van der Waals surface area contributed by atoms with Crippen molar-refractivity contribution < 1.29 is 18.7 Å². The van der Waals surface area contributed by atoms with Gasteiger partial charge in [0, 0.05) is 6.92 Å². The van der Waals surface area contributed by atoms with E-state index >= 15 is 0 Å². The highest BCUT2D eigenvalue weighted by atomic mass is 28.4. The maximum atomic E-state index is 11.4.